The fraction of sp³-hybridized carbons (Fsp3) is 0.647. The minimum absolute atomic E-state index is 0.330. The van der Waals surface area contributed by atoms with Gasteiger partial charge in [-0.15, -0.1) is 0 Å². The highest BCUT2D eigenvalue weighted by molar-refractivity contribution is 5.25. The molecule has 0 saturated carbocycles. The van der Waals surface area contributed by atoms with E-state index in [1.54, 1.807) is 12.1 Å². The highest BCUT2D eigenvalue weighted by Gasteiger charge is 2.30. The molecule has 120 valence electrons. The number of halogens is 3. The quantitative estimate of drug-likeness (QED) is 0.708. The van der Waals surface area contributed by atoms with Crippen molar-refractivity contribution in [2.24, 2.45) is 5.92 Å². The van der Waals surface area contributed by atoms with Gasteiger partial charge < -0.3 is 5.32 Å². The van der Waals surface area contributed by atoms with Crippen molar-refractivity contribution < 1.29 is 13.2 Å². The zero-order valence-corrected chi connectivity index (χ0v) is 13.1. The Balaban J connectivity index is 2.78. The Bertz CT molecular complexity index is 393. The van der Waals surface area contributed by atoms with Crippen LogP contribution in [0.3, 0.4) is 0 Å². The highest BCUT2D eigenvalue weighted by Crippen LogP contribution is 2.29. The van der Waals surface area contributed by atoms with E-state index < -0.39 is 11.7 Å². The van der Waals surface area contributed by atoms with Crippen LogP contribution < -0.4 is 5.32 Å². The topological polar surface area (TPSA) is 12.0 Å². The maximum atomic E-state index is 12.6. The standard InChI is InChI=1S/C17H26F3N/c1-4-11-21-16(14(5-2)6-3)12-13-7-9-15(10-8-13)17(18,19)20/h7-10,14,16,21H,4-6,11-12H2,1-3H3. The predicted octanol–water partition coefficient (Wildman–Crippen LogP) is 5.05. The van der Waals surface area contributed by atoms with Crippen LogP contribution in [0.15, 0.2) is 24.3 Å². The summed E-state index contributed by atoms with van der Waals surface area (Å²) in [5.41, 5.74) is 0.385. The largest absolute Gasteiger partial charge is 0.416 e. The maximum absolute atomic E-state index is 12.6. The summed E-state index contributed by atoms with van der Waals surface area (Å²) in [7, 11) is 0. The van der Waals surface area contributed by atoms with Crippen molar-refractivity contribution in [3.05, 3.63) is 35.4 Å². The molecule has 0 bridgehead atoms. The molecular weight excluding hydrogens is 275 g/mol. The van der Waals surface area contributed by atoms with E-state index in [0.717, 1.165) is 37.8 Å². The summed E-state index contributed by atoms with van der Waals surface area (Å²) >= 11 is 0. The van der Waals surface area contributed by atoms with Gasteiger partial charge in [0.1, 0.15) is 0 Å². The van der Waals surface area contributed by atoms with Crippen LogP contribution in [0.4, 0.5) is 13.2 Å². The Morgan fingerprint density at radius 1 is 1.00 bits per heavy atom. The van der Waals surface area contributed by atoms with Crippen LogP contribution in [-0.4, -0.2) is 12.6 Å². The van der Waals surface area contributed by atoms with Crippen molar-refractivity contribution in [2.45, 2.75) is 58.7 Å². The average Bonchev–Trinajstić information content (AvgIpc) is 2.45. The molecular formula is C17H26F3N. The fourth-order valence-electron chi connectivity index (χ4n) is 2.68. The monoisotopic (exact) mass is 301 g/mol. The van der Waals surface area contributed by atoms with Gasteiger partial charge in [0.05, 0.1) is 5.56 Å². The summed E-state index contributed by atoms with van der Waals surface area (Å²) in [6, 6.07) is 5.90. The van der Waals surface area contributed by atoms with E-state index in [9.17, 15) is 13.2 Å². The summed E-state index contributed by atoms with van der Waals surface area (Å²) in [5.74, 6) is 0.554. The van der Waals surface area contributed by atoms with Crippen molar-refractivity contribution in [3.8, 4) is 0 Å². The molecule has 1 rings (SSSR count). The molecule has 0 fully saturated rings. The molecule has 1 nitrogen and oxygen atoms in total. The Morgan fingerprint density at radius 2 is 1.57 bits per heavy atom. The third-order valence-electron chi connectivity index (χ3n) is 4.01. The molecule has 0 aliphatic carbocycles. The molecule has 1 atom stereocenters. The van der Waals surface area contributed by atoms with Gasteiger partial charge in [-0.05, 0) is 43.0 Å². The molecule has 0 radical (unpaired) electrons. The Kier molecular flexibility index (Phi) is 7.23. The SMILES string of the molecule is CCCNC(Cc1ccc(C(F)(F)F)cc1)C(CC)CC. The number of rotatable bonds is 8. The first-order valence-electron chi connectivity index (χ1n) is 7.81. The van der Waals surface area contributed by atoms with Crippen LogP contribution in [0.5, 0.6) is 0 Å². The number of benzene rings is 1. The third-order valence-corrected chi connectivity index (χ3v) is 4.01. The van der Waals surface area contributed by atoms with Crippen LogP contribution in [0.25, 0.3) is 0 Å². The van der Waals surface area contributed by atoms with Crippen molar-refractivity contribution in [1.29, 1.82) is 0 Å². The van der Waals surface area contributed by atoms with E-state index in [-0.39, 0.29) is 0 Å². The van der Waals surface area contributed by atoms with Crippen LogP contribution in [0, 0.1) is 5.92 Å². The minimum atomic E-state index is -4.26. The predicted molar refractivity (Wildman–Crippen MR) is 81.3 cm³/mol. The molecule has 0 aliphatic heterocycles. The lowest BCUT2D eigenvalue weighted by molar-refractivity contribution is -0.137. The van der Waals surface area contributed by atoms with Crippen molar-refractivity contribution in [2.75, 3.05) is 6.54 Å². The lowest BCUT2D eigenvalue weighted by Gasteiger charge is -2.27. The van der Waals surface area contributed by atoms with Crippen LogP contribution in [0.2, 0.25) is 0 Å². The summed E-state index contributed by atoms with van der Waals surface area (Å²) in [4.78, 5) is 0. The van der Waals surface area contributed by atoms with Crippen molar-refractivity contribution in [3.63, 3.8) is 0 Å². The molecule has 0 aromatic heterocycles. The Hall–Kier alpha value is -1.03. The zero-order chi connectivity index (χ0) is 15.9. The van der Waals surface area contributed by atoms with Gasteiger partial charge in [0.25, 0.3) is 0 Å². The van der Waals surface area contributed by atoms with Gasteiger partial charge in [0, 0.05) is 6.04 Å². The first-order chi connectivity index (χ1) is 9.92. The fourth-order valence-corrected chi connectivity index (χ4v) is 2.68. The van der Waals surface area contributed by atoms with Gasteiger partial charge in [0.15, 0.2) is 0 Å². The number of hydrogen-bond acceptors (Lipinski definition) is 1. The van der Waals surface area contributed by atoms with Gasteiger partial charge in [0.2, 0.25) is 0 Å². The zero-order valence-electron chi connectivity index (χ0n) is 13.1. The summed E-state index contributed by atoms with van der Waals surface area (Å²) in [5, 5.41) is 3.54. The van der Waals surface area contributed by atoms with Crippen LogP contribution in [0.1, 0.15) is 51.2 Å². The molecule has 1 aromatic carbocycles. The maximum Gasteiger partial charge on any atom is 0.416 e. The van der Waals surface area contributed by atoms with Gasteiger partial charge in [-0.25, -0.2) is 0 Å². The van der Waals surface area contributed by atoms with E-state index in [0.29, 0.717) is 12.0 Å². The second-order valence-corrected chi connectivity index (χ2v) is 5.54. The van der Waals surface area contributed by atoms with Crippen molar-refractivity contribution >= 4 is 0 Å². The lowest BCUT2D eigenvalue weighted by atomic mass is 9.89. The molecule has 0 amide bonds. The summed E-state index contributed by atoms with van der Waals surface area (Å²) in [6.45, 7) is 7.40. The van der Waals surface area contributed by atoms with Gasteiger partial charge in [-0.2, -0.15) is 13.2 Å². The van der Waals surface area contributed by atoms with E-state index in [4.69, 9.17) is 0 Å². The third kappa shape index (κ3) is 5.70. The van der Waals surface area contributed by atoms with Gasteiger partial charge in [-0.1, -0.05) is 45.7 Å². The summed E-state index contributed by atoms with van der Waals surface area (Å²) < 4.78 is 37.7. The smallest absolute Gasteiger partial charge is 0.313 e. The molecule has 1 aromatic rings. The van der Waals surface area contributed by atoms with E-state index in [1.165, 1.54) is 12.1 Å². The Morgan fingerprint density at radius 3 is 2.00 bits per heavy atom. The van der Waals surface area contributed by atoms with Crippen LogP contribution in [-0.2, 0) is 12.6 Å². The van der Waals surface area contributed by atoms with E-state index in [1.807, 2.05) is 0 Å². The van der Waals surface area contributed by atoms with Gasteiger partial charge in [-0.3, -0.25) is 0 Å². The second-order valence-electron chi connectivity index (χ2n) is 5.54. The molecule has 0 saturated heterocycles. The van der Waals surface area contributed by atoms with E-state index in [2.05, 4.69) is 26.1 Å². The number of nitrogens with one attached hydrogen (secondary N) is 1. The average molecular weight is 301 g/mol. The Labute approximate surface area is 125 Å². The van der Waals surface area contributed by atoms with E-state index >= 15 is 0 Å². The first kappa shape index (κ1) is 18.0. The normalized spacial score (nSPS) is 13.7. The lowest BCUT2D eigenvalue weighted by Crippen LogP contribution is -2.38. The molecule has 0 spiro atoms. The van der Waals surface area contributed by atoms with Crippen molar-refractivity contribution in [1.82, 2.24) is 5.32 Å². The molecule has 0 aliphatic rings. The molecule has 0 heterocycles. The first-order valence-corrected chi connectivity index (χ1v) is 7.81. The molecule has 1 N–H and O–H groups in total. The summed E-state index contributed by atoms with van der Waals surface area (Å²) in [6.07, 6.45) is -0.251. The number of alkyl halides is 3. The number of hydrogen-bond donors (Lipinski definition) is 1. The minimum Gasteiger partial charge on any atom is -0.313 e. The molecule has 1 unspecified atom stereocenters. The molecule has 4 heteroatoms. The molecule has 21 heavy (non-hydrogen) atoms. The van der Waals surface area contributed by atoms with Crippen LogP contribution >= 0.6 is 0 Å². The van der Waals surface area contributed by atoms with Gasteiger partial charge >= 0.3 is 6.18 Å². The highest BCUT2D eigenvalue weighted by atomic mass is 19.4. The second kappa shape index (κ2) is 8.42.